The van der Waals surface area contributed by atoms with Gasteiger partial charge in [-0.2, -0.15) is 0 Å². The highest BCUT2D eigenvalue weighted by molar-refractivity contribution is 7.92. The van der Waals surface area contributed by atoms with E-state index in [4.69, 9.17) is 11.6 Å². The summed E-state index contributed by atoms with van der Waals surface area (Å²) in [6.07, 6.45) is 2.84. The van der Waals surface area contributed by atoms with Crippen LogP contribution >= 0.6 is 11.6 Å². The van der Waals surface area contributed by atoms with Crippen LogP contribution in [-0.4, -0.2) is 50.5 Å². The zero-order valence-corrected chi connectivity index (χ0v) is 22.7. The van der Waals surface area contributed by atoms with E-state index in [1.54, 1.807) is 37.3 Å². The monoisotopic (exact) mass is 521 g/mol. The molecular formula is C26H36ClN3O4S. The predicted octanol–water partition coefficient (Wildman–Crippen LogP) is 4.56. The van der Waals surface area contributed by atoms with Crippen LogP contribution in [0.2, 0.25) is 5.02 Å². The summed E-state index contributed by atoms with van der Waals surface area (Å²) in [5.74, 6) is -0.717. The van der Waals surface area contributed by atoms with Crippen molar-refractivity contribution in [1.82, 2.24) is 10.2 Å². The summed E-state index contributed by atoms with van der Waals surface area (Å²) in [5.41, 5.74) is 2.02. The van der Waals surface area contributed by atoms with Gasteiger partial charge in [0.1, 0.15) is 12.6 Å². The summed E-state index contributed by atoms with van der Waals surface area (Å²) in [7, 11) is -3.78. The fourth-order valence-electron chi connectivity index (χ4n) is 3.75. The molecule has 1 N–H and O–H groups in total. The van der Waals surface area contributed by atoms with Gasteiger partial charge >= 0.3 is 0 Å². The van der Waals surface area contributed by atoms with E-state index in [1.807, 2.05) is 39.0 Å². The second-order valence-electron chi connectivity index (χ2n) is 8.96. The lowest BCUT2D eigenvalue weighted by Gasteiger charge is -2.32. The first-order chi connectivity index (χ1) is 16.5. The van der Waals surface area contributed by atoms with Gasteiger partial charge in [0.15, 0.2) is 0 Å². The van der Waals surface area contributed by atoms with Gasteiger partial charge in [-0.25, -0.2) is 8.42 Å². The minimum Gasteiger partial charge on any atom is -0.354 e. The van der Waals surface area contributed by atoms with E-state index in [0.29, 0.717) is 17.3 Å². The topological polar surface area (TPSA) is 86.8 Å². The van der Waals surface area contributed by atoms with Crippen molar-refractivity contribution < 1.29 is 18.0 Å². The van der Waals surface area contributed by atoms with Crippen LogP contribution in [0.3, 0.4) is 0 Å². The lowest BCUT2D eigenvalue weighted by molar-refractivity contribution is -0.139. The van der Waals surface area contributed by atoms with Gasteiger partial charge in [-0.05, 0) is 48.6 Å². The molecule has 7 nitrogen and oxygen atoms in total. The van der Waals surface area contributed by atoms with E-state index >= 15 is 0 Å². The Kier molecular flexibility index (Phi) is 10.6. The number of amides is 2. The minimum absolute atomic E-state index is 0.0522. The smallest absolute Gasteiger partial charge is 0.244 e. The maximum Gasteiger partial charge on any atom is 0.244 e. The Morgan fingerprint density at radius 3 is 2.34 bits per heavy atom. The number of hydrogen-bond acceptors (Lipinski definition) is 4. The number of sulfonamides is 1. The van der Waals surface area contributed by atoms with Crippen LogP contribution in [0, 0.1) is 0 Å². The van der Waals surface area contributed by atoms with E-state index < -0.39 is 28.5 Å². The average molecular weight is 522 g/mol. The van der Waals surface area contributed by atoms with Gasteiger partial charge in [-0.15, -0.1) is 0 Å². The fourth-order valence-corrected chi connectivity index (χ4v) is 4.83. The third-order valence-electron chi connectivity index (χ3n) is 5.75. The van der Waals surface area contributed by atoms with Crippen LogP contribution in [-0.2, 0) is 26.2 Å². The summed E-state index contributed by atoms with van der Waals surface area (Å²) < 4.78 is 26.7. The maximum atomic E-state index is 13.6. The van der Waals surface area contributed by atoms with Crippen molar-refractivity contribution in [3.63, 3.8) is 0 Å². The highest BCUT2D eigenvalue weighted by atomic mass is 35.5. The first kappa shape index (κ1) is 28.7. The number of carbonyl (C=O) groups excluding carboxylic acids is 2. The summed E-state index contributed by atoms with van der Waals surface area (Å²) in [6.45, 7) is 7.82. The van der Waals surface area contributed by atoms with Gasteiger partial charge < -0.3 is 10.2 Å². The molecular weight excluding hydrogens is 486 g/mol. The van der Waals surface area contributed by atoms with E-state index in [0.717, 1.165) is 34.5 Å². The normalized spacial score (nSPS) is 12.3. The molecule has 9 heteroatoms. The van der Waals surface area contributed by atoms with E-state index in [9.17, 15) is 18.0 Å². The van der Waals surface area contributed by atoms with Crippen LogP contribution in [0.15, 0.2) is 48.5 Å². The van der Waals surface area contributed by atoms with Crippen molar-refractivity contribution in [3.05, 3.63) is 64.7 Å². The molecule has 2 aromatic rings. The molecule has 2 rings (SSSR count). The first-order valence-corrected chi connectivity index (χ1v) is 14.1. The lowest BCUT2D eigenvalue weighted by Crippen LogP contribution is -2.51. The summed E-state index contributed by atoms with van der Waals surface area (Å²) in [5, 5.41) is 3.38. The van der Waals surface area contributed by atoms with Crippen LogP contribution in [0.4, 0.5) is 5.69 Å². The number of para-hydroxylation sites is 1. The molecule has 1 atom stereocenters. The number of benzene rings is 2. The number of unbranched alkanes of at least 4 members (excludes halogenated alkanes) is 1. The molecule has 0 aromatic heterocycles. The van der Waals surface area contributed by atoms with E-state index in [2.05, 4.69) is 5.32 Å². The van der Waals surface area contributed by atoms with Crippen LogP contribution in [0.5, 0.6) is 0 Å². The second kappa shape index (κ2) is 12.9. The van der Waals surface area contributed by atoms with Gasteiger partial charge in [0.05, 0.1) is 11.9 Å². The number of nitrogens with one attached hydrogen (secondary N) is 1. The van der Waals surface area contributed by atoms with Gasteiger partial charge in [0.25, 0.3) is 0 Å². The molecule has 0 saturated heterocycles. The van der Waals surface area contributed by atoms with Crippen molar-refractivity contribution >= 4 is 39.1 Å². The minimum atomic E-state index is -3.78. The van der Waals surface area contributed by atoms with E-state index in [1.165, 1.54) is 4.90 Å². The zero-order chi connectivity index (χ0) is 26.2. The number of halogens is 1. The molecule has 0 heterocycles. The van der Waals surface area contributed by atoms with E-state index in [-0.39, 0.29) is 18.4 Å². The third-order valence-corrected chi connectivity index (χ3v) is 7.11. The molecule has 0 bridgehead atoms. The summed E-state index contributed by atoms with van der Waals surface area (Å²) in [4.78, 5) is 27.9. The SMILES string of the molecule is CCCCNC(=O)[C@H](C)N(Cc1cccc(Cl)c1)C(=O)CN(c1ccccc1C(C)C)S(C)(=O)=O. The van der Waals surface area contributed by atoms with Crippen molar-refractivity contribution in [3.8, 4) is 0 Å². The Bertz CT molecular complexity index is 1120. The van der Waals surface area contributed by atoms with Gasteiger partial charge in [-0.3, -0.25) is 13.9 Å². The zero-order valence-electron chi connectivity index (χ0n) is 21.1. The van der Waals surface area contributed by atoms with Crippen LogP contribution < -0.4 is 9.62 Å². The third kappa shape index (κ3) is 8.25. The number of carbonyl (C=O) groups is 2. The predicted molar refractivity (Wildman–Crippen MR) is 142 cm³/mol. The first-order valence-electron chi connectivity index (χ1n) is 11.8. The molecule has 0 aliphatic heterocycles. The largest absolute Gasteiger partial charge is 0.354 e. The average Bonchev–Trinajstić information content (AvgIpc) is 2.79. The number of hydrogen-bond donors (Lipinski definition) is 1. The highest BCUT2D eigenvalue weighted by Crippen LogP contribution is 2.29. The molecule has 0 spiro atoms. The van der Waals surface area contributed by atoms with Crippen molar-refractivity contribution in [2.75, 3.05) is 23.7 Å². The Morgan fingerprint density at radius 2 is 1.74 bits per heavy atom. The summed E-state index contributed by atoms with van der Waals surface area (Å²) >= 11 is 6.14. The molecule has 0 aliphatic carbocycles. The summed E-state index contributed by atoms with van der Waals surface area (Å²) in [6, 6.07) is 13.4. The van der Waals surface area contributed by atoms with Gasteiger partial charge in [0, 0.05) is 18.1 Å². The molecule has 2 aromatic carbocycles. The molecule has 192 valence electrons. The second-order valence-corrected chi connectivity index (χ2v) is 11.3. The van der Waals surface area contributed by atoms with Gasteiger partial charge in [0.2, 0.25) is 21.8 Å². The molecule has 0 aliphatic rings. The quantitative estimate of drug-likeness (QED) is 0.415. The molecule has 0 fully saturated rings. The molecule has 2 amide bonds. The van der Waals surface area contributed by atoms with Gasteiger partial charge in [-0.1, -0.05) is 69.1 Å². The molecule has 0 radical (unpaired) electrons. The fraction of sp³-hybridized carbons (Fsp3) is 0.462. The Hall–Kier alpha value is -2.58. The lowest BCUT2D eigenvalue weighted by atomic mass is 10.0. The molecule has 35 heavy (non-hydrogen) atoms. The van der Waals surface area contributed by atoms with Crippen LogP contribution in [0.1, 0.15) is 57.6 Å². The Balaban J connectivity index is 2.42. The number of anilines is 1. The Morgan fingerprint density at radius 1 is 1.06 bits per heavy atom. The van der Waals surface area contributed by atoms with Crippen molar-refractivity contribution in [2.24, 2.45) is 0 Å². The van der Waals surface area contributed by atoms with Crippen LogP contribution in [0.25, 0.3) is 0 Å². The molecule has 0 unspecified atom stereocenters. The van der Waals surface area contributed by atoms with Crippen molar-refractivity contribution in [1.29, 1.82) is 0 Å². The van der Waals surface area contributed by atoms with Crippen molar-refractivity contribution in [2.45, 2.75) is 59.0 Å². The highest BCUT2D eigenvalue weighted by Gasteiger charge is 2.31. The molecule has 0 saturated carbocycles. The number of rotatable bonds is 12. The number of nitrogens with zero attached hydrogens (tertiary/aromatic N) is 2. The standard InChI is InChI=1S/C26H36ClN3O4S/c1-6-7-15-28-26(32)20(4)29(17-21-11-10-12-22(27)16-21)25(31)18-30(35(5,33)34)24-14-9-8-13-23(24)19(2)3/h8-14,16,19-20H,6-7,15,17-18H2,1-5H3,(H,28,32)/t20-/m0/s1. The Labute approximate surface area is 214 Å². The maximum absolute atomic E-state index is 13.6.